The number of anilines is 1. The lowest BCUT2D eigenvalue weighted by Gasteiger charge is -2.16. The monoisotopic (exact) mass is 324 g/mol. The van der Waals surface area contributed by atoms with Crippen LogP contribution in [0.2, 0.25) is 5.15 Å². The number of hydrogen-bond donors (Lipinski definition) is 2. The van der Waals surface area contributed by atoms with Crippen molar-refractivity contribution >= 4 is 39.5 Å². The van der Waals surface area contributed by atoms with E-state index in [0.717, 1.165) is 27.8 Å². The summed E-state index contributed by atoms with van der Waals surface area (Å²) in [4.78, 5) is 20.1. The van der Waals surface area contributed by atoms with E-state index in [4.69, 9.17) is 11.6 Å². The number of nitrogens with zero attached hydrogens (tertiary/aromatic N) is 4. The Morgan fingerprint density at radius 2 is 2.04 bits per heavy atom. The maximum absolute atomic E-state index is 5.92. The van der Waals surface area contributed by atoms with Crippen LogP contribution in [0.1, 0.15) is 18.5 Å². The van der Waals surface area contributed by atoms with Gasteiger partial charge in [0, 0.05) is 0 Å². The molecule has 1 aromatic carbocycles. The third kappa shape index (κ3) is 2.57. The minimum atomic E-state index is 0.0662. The lowest BCUT2D eigenvalue weighted by atomic mass is 10.1. The Kier molecular flexibility index (Phi) is 3.31. The molecule has 0 radical (unpaired) electrons. The van der Waals surface area contributed by atoms with Gasteiger partial charge in [-0.3, -0.25) is 0 Å². The molecule has 0 aliphatic carbocycles. The third-order valence-corrected chi connectivity index (χ3v) is 3.97. The van der Waals surface area contributed by atoms with E-state index in [1.54, 1.807) is 12.4 Å². The molecule has 1 atom stereocenters. The molecule has 3 aromatic heterocycles. The van der Waals surface area contributed by atoms with Gasteiger partial charge >= 0.3 is 0 Å². The number of nitrogens with one attached hydrogen (secondary N) is 2. The van der Waals surface area contributed by atoms with Crippen molar-refractivity contribution in [1.82, 2.24) is 24.9 Å². The number of imidazole rings is 1. The van der Waals surface area contributed by atoms with E-state index in [1.807, 2.05) is 12.1 Å². The zero-order chi connectivity index (χ0) is 15.8. The van der Waals surface area contributed by atoms with Gasteiger partial charge in [-0.1, -0.05) is 17.7 Å². The molecule has 4 rings (SSSR count). The first kappa shape index (κ1) is 13.9. The number of aromatic amines is 1. The highest BCUT2D eigenvalue weighted by Crippen LogP contribution is 2.25. The van der Waals surface area contributed by atoms with Gasteiger partial charge in [-0.15, -0.1) is 0 Å². The molecule has 3 heterocycles. The van der Waals surface area contributed by atoms with Gasteiger partial charge < -0.3 is 10.3 Å². The van der Waals surface area contributed by atoms with Gasteiger partial charge in [-0.2, -0.15) is 0 Å². The van der Waals surface area contributed by atoms with Crippen molar-refractivity contribution in [3.8, 4) is 0 Å². The summed E-state index contributed by atoms with van der Waals surface area (Å²) in [6.07, 6.45) is 3.18. The summed E-state index contributed by atoms with van der Waals surface area (Å²) in [6, 6.07) is 9.81. The summed E-state index contributed by atoms with van der Waals surface area (Å²) in [5.74, 6) is 0.733. The molecular formula is C16H13ClN6. The smallest absolute Gasteiger partial charge is 0.166 e. The number of halogens is 1. The summed E-state index contributed by atoms with van der Waals surface area (Å²) in [5, 5.41) is 4.66. The SMILES string of the molecule is CC(Nc1ncnc2nc(Cl)ccc12)c1ccc2nc[nH]c2c1. The molecule has 23 heavy (non-hydrogen) atoms. The lowest BCUT2D eigenvalue weighted by Crippen LogP contribution is -2.08. The maximum Gasteiger partial charge on any atom is 0.166 e. The summed E-state index contributed by atoms with van der Waals surface area (Å²) in [7, 11) is 0. The van der Waals surface area contributed by atoms with Crippen molar-refractivity contribution in [1.29, 1.82) is 0 Å². The number of rotatable bonds is 3. The standard InChI is InChI=1S/C16H13ClN6/c1-9(10-2-4-12-13(6-10)19-7-18-12)22-15-11-3-5-14(17)23-16(11)21-8-20-15/h2-9H,1H3,(H,18,19)(H,20,21,22,23). The van der Waals surface area contributed by atoms with Crippen LogP contribution in [0.15, 0.2) is 43.0 Å². The molecular weight excluding hydrogens is 312 g/mol. The van der Waals surface area contributed by atoms with Crippen LogP contribution >= 0.6 is 11.6 Å². The fourth-order valence-electron chi connectivity index (χ4n) is 2.55. The van der Waals surface area contributed by atoms with E-state index in [2.05, 4.69) is 49.3 Å². The predicted molar refractivity (Wildman–Crippen MR) is 90.5 cm³/mol. The number of pyridine rings is 1. The van der Waals surface area contributed by atoms with Crippen LogP contribution in [0.25, 0.3) is 22.1 Å². The van der Waals surface area contributed by atoms with E-state index in [1.165, 1.54) is 6.33 Å². The van der Waals surface area contributed by atoms with Crippen molar-refractivity contribution in [2.24, 2.45) is 0 Å². The summed E-state index contributed by atoms with van der Waals surface area (Å²) in [5.41, 5.74) is 3.67. The highest BCUT2D eigenvalue weighted by Gasteiger charge is 2.11. The third-order valence-electron chi connectivity index (χ3n) is 3.76. The van der Waals surface area contributed by atoms with E-state index in [9.17, 15) is 0 Å². The summed E-state index contributed by atoms with van der Waals surface area (Å²) in [6.45, 7) is 2.08. The average Bonchev–Trinajstić information content (AvgIpc) is 3.02. The minimum absolute atomic E-state index is 0.0662. The molecule has 0 aliphatic heterocycles. The van der Waals surface area contributed by atoms with Gasteiger partial charge in [0.2, 0.25) is 0 Å². The Balaban J connectivity index is 1.69. The number of H-pyrrole nitrogens is 1. The predicted octanol–water partition coefficient (Wildman–Crippen LogP) is 3.73. The number of benzene rings is 1. The molecule has 114 valence electrons. The van der Waals surface area contributed by atoms with Crippen LogP contribution in [0.4, 0.5) is 5.82 Å². The molecule has 0 saturated heterocycles. The Bertz CT molecular complexity index is 996. The average molecular weight is 325 g/mol. The Morgan fingerprint density at radius 3 is 2.96 bits per heavy atom. The van der Waals surface area contributed by atoms with Crippen LogP contribution in [-0.4, -0.2) is 24.9 Å². The molecule has 0 bridgehead atoms. The Morgan fingerprint density at radius 1 is 1.13 bits per heavy atom. The zero-order valence-corrected chi connectivity index (χ0v) is 13.0. The second kappa shape index (κ2) is 5.48. The highest BCUT2D eigenvalue weighted by atomic mass is 35.5. The van der Waals surface area contributed by atoms with Crippen molar-refractivity contribution in [3.05, 3.63) is 53.7 Å². The molecule has 7 heteroatoms. The van der Waals surface area contributed by atoms with E-state index in [0.29, 0.717) is 10.8 Å². The van der Waals surface area contributed by atoms with Crippen LogP contribution in [-0.2, 0) is 0 Å². The van der Waals surface area contributed by atoms with Crippen molar-refractivity contribution in [3.63, 3.8) is 0 Å². The first-order chi connectivity index (χ1) is 11.2. The number of fused-ring (bicyclic) bond motifs is 2. The lowest BCUT2D eigenvalue weighted by molar-refractivity contribution is 0.877. The summed E-state index contributed by atoms with van der Waals surface area (Å²) < 4.78 is 0. The van der Waals surface area contributed by atoms with Crippen LogP contribution in [0.5, 0.6) is 0 Å². The number of aromatic nitrogens is 5. The van der Waals surface area contributed by atoms with Crippen LogP contribution in [0.3, 0.4) is 0 Å². The maximum atomic E-state index is 5.92. The van der Waals surface area contributed by atoms with Gasteiger partial charge in [0.25, 0.3) is 0 Å². The van der Waals surface area contributed by atoms with E-state index >= 15 is 0 Å². The molecule has 0 fully saturated rings. The van der Waals surface area contributed by atoms with Crippen LogP contribution < -0.4 is 5.32 Å². The topological polar surface area (TPSA) is 79.4 Å². The normalized spacial score (nSPS) is 12.6. The highest BCUT2D eigenvalue weighted by molar-refractivity contribution is 6.29. The van der Waals surface area contributed by atoms with E-state index < -0.39 is 0 Å². The molecule has 0 amide bonds. The second-order valence-corrected chi connectivity index (χ2v) is 5.66. The number of hydrogen-bond acceptors (Lipinski definition) is 5. The van der Waals surface area contributed by atoms with E-state index in [-0.39, 0.29) is 6.04 Å². The van der Waals surface area contributed by atoms with Crippen molar-refractivity contribution in [2.75, 3.05) is 5.32 Å². The molecule has 0 saturated carbocycles. The Hall–Kier alpha value is -2.73. The van der Waals surface area contributed by atoms with Crippen molar-refractivity contribution < 1.29 is 0 Å². The second-order valence-electron chi connectivity index (χ2n) is 5.27. The van der Waals surface area contributed by atoms with Crippen molar-refractivity contribution in [2.45, 2.75) is 13.0 Å². The molecule has 0 spiro atoms. The molecule has 1 unspecified atom stereocenters. The van der Waals surface area contributed by atoms with Gasteiger partial charge in [0.1, 0.15) is 17.3 Å². The zero-order valence-electron chi connectivity index (χ0n) is 12.3. The largest absolute Gasteiger partial charge is 0.363 e. The van der Waals surface area contributed by atoms with Gasteiger partial charge in [-0.05, 0) is 36.8 Å². The van der Waals surface area contributed by atoms with Gasteiger partial charge in [-0.25, -0.2) is 19.9 Å². The first-order valence-electron chi connectivity index (χ1n) is 7.17. The molecule has 2 N–H and O–H groups in total. The van der Waals surface area contributed by atoms with Crippen LogP contribution in [0, 0.1) is 0 Å². The molecule has 0 aliphatic rings. The summed E-state index contributed by atoms with van der Waals surface area (Å²) >= 11 is 5.92. The van der Waals surface area contributed by atoms with Gasteiger partial charge in [0.15, 0.2) is 5.65 Å². The molecule has 6 nitrogen and oxygen atoms in total. The quantitative estimate of drug-likeness (QED) is 0.561. The minimum Gasteiger partial charge on any atom is -0.363 e. The fraction of sp³-hybridized carbons (Fsp3) is 0.125. The fourth-order valence-corrected chi connectivity index (χ4v) is 2.69. The Labute approximate surface area is 137 Å². The molecule has 4 aromatic rings. The van der Waals surface area contributed by atoms with Gasteiger partial charge in [0.05, 0.1) is 28.8 Å². The first-order valence-corrected chi connectivity index (χ1v) is 7.55.